The molecule has 1 N–H and O–H groups in total. The third-order valence-corrected chi connectivity index (χ3v) is 4.03. The fourth-order valence-electron chi connectivity index (χ4n) is 2.67. The Kier molecular flexibility index (Phi) is 4.08. The van der Waals surface area contributed by atoms with E-state index in [1.54, 1.807) is 31.3 Å². The molecule has 0 spiro atoms. The van der Waals surface area contributed by atoms with Crippen LogP contribution < -0.4 is 15.8 Å². The van der Waals surface area contributed by atoms with E-state index < -0.39 is 0 Å². The number of rotatable bonds is 2. The normalized spacial score (nSPS) is 10.6. The van der Waals surface area contributed by atoms with Gasteiger partial charge >= 0.3 is 6.03 Å². The third kappa shape index (κ3) is 2.88. The second kappa shape index (κ2) is 6.20. The number of nitrogens with one attached hydrogen (secondary N) is 1. The molecule has 1 heterocycles. The molecule has 0 aliphatic heterocycles. The molecule has 0 unspecified atom stereocenters. The first-order valence-electron chi connectivity index (χ1n) is 7.67. The number of carbonyl (C=O) groups is 1. The van der Waals surface area contributed by atoms with E-state index in [1.165, 1.54) is 4.57 Å². The van der Waals surface area contributed by atoms with Crippen molar-refractivity contribution in [2.45, 2.75) is 6.92 Å². The first-order valence-corrected chi connectivity index (χ1v) is 7.67. The molecule has 3 aromatic rings. The van der Waals surface area contributed by atoms with Crippen LogP contribution in [-0.4, -0.2) is 17.6 Å². The second-order valence-electron chi connectivity index (χ2n) is 5.83. The zero-order chi connectivity index (χ0) is 17.3. The molecule has 5 heteroatoms. The fourth-order valence-corrected chi connectivity index (χ4v) is 2.67. The predicted molar refractivity (Wildman–Crippen MR) is 97.8 cm³/mol. The number of hydrogen-bond acceptors (Lipinski definition) is 2. The lowest BCUT2D eigenvalue weighted by Crippen LogP contribution is -2.32. The molecule has 0 aliphatic rings. The molecule has 0 atom stereocenters. The van der Waals surface area contributed by atoms with Gasteiger partial charge in [-0.15, -0.1) is 0 Å². The van der Waals surface area contributed by atoms with Gasteiger partial charge in [-0.25, -0.2) is 4.79 Å². The summed E-state index contributed by atoms with van der Waals surface area (Å²) in [6.07, 6.45) is 1.65. The Bertz CT molecular complexity index is 976. The van der Waals surface area contributed by atoms with E-state index in [0.717, 1.165) is 16.6 Å². The molecule has 0 aliphatic carbocycles. The maximum Gasteiger partial charge on any atom is 0.326 e. The molecular formula is C19H19N3O2. The Hall–Kier alpha value is -3.08. The number of pyridine rings is 1. The summed E-state index contributed by atoms with van der Waals surface area (Å²) < 4.78 is 1.48. The van der Waals surface area contributed by atoms with Crippen molar-refractivity contribution in [2.75, 3.05) is 17.3 Å². The monoisotopic (exact) mass is 321 g/mol. The van der Waals surface area contributed by atoms with Crippen LogP contribution in [0.2, 0.25) is 0 Å². The van der Waals surface area contributed by atoms with E-state index in [1.807, 2.05) is 49.4 Å². The van der Waals surface area contributed by atoms with Crippen molar-refractivity contribution in [3.63, 3.8) is 0 Å². The van der Waals surface area contributed by atoms with Crippen molar-refractivity contribution in [1.29, 1.82) is 0 Å². The molecule has 2 aromatic carbocycles. The molecule has 2 amide bonds. The van der Waals surface area contributed by atoms with Gasteiger partial charge in [0.2, 0.25) is 0 Å². The van der Waals surface area contributed by atoms with E-state index in [0.29, 0.717) is 11.1 Å². The number of nitrogens with zero attached hydrogens (tertiary/aromatic N) is 2. The van der Waals surface area contributed by atoms with Crippen LogP contribution in [-0.2, 0) is 7.05 Å². The summed E-state index contributed by atoms with van der Waals surface area (Å²) in [6, 6.07) is 14.7. The highest BCUT2D eigenvalue weighted by Crippen LogP contribution is 2.21. The van der Waals surface area contributed by atoms with E-state index in [4.69, 9.17) is 0 Å². The minimum Gasteiger partial charge on any atom is -0.316 e. The summed E-state index contributed by atoms with van der Waals surface area (Å²) in [5.41, 5.74) is 2.41. The van der Waals surface area contributed by atoms with Crippen molar-refractivity contribution in [1.82, 2.24) is 4.57 Å². The van der Waals surface area contributed by atoms with Gasteiger partial charge in [0.25, 0.3) is 5.56 Å². The summed E-state index contributed by atoms with van der Waals surface area (Å²) in [6.45, 7) is 1.98. The van der Waals surface area contributed by atoms with Gasteiger partial charge in [0.1, 0.15) is 0 Å². The Morgan fingerprint density at radius 1 is 1.08 bits per heavy atom. The smallest absolute Gasteiger partial charge is 0.316 e. The minimum absolute atomic E-state index is 0.0874. The first-order chi connectivity index (χ1) is 11.5. The van der Waals surface area contributed by atoms with Gasteiger partial charge in [-0.05, 0) is 30.7 Å². The fraction of sp³-hybridized carbons (Fsp3) is 0.158. The number of hydrogen-bond donors (Lipinski definition) is 1. The molecule has 24 heavy (non-hydrogen) atoms. The van der Waals surface area contributed by atoms with Crippen molar-refractivity contribution in [3.05, 3.63) is 70.6 Å². The largest absolute Gasteiger partial charge is 0.326 e. The molecule has 0 saturated carbocycles. The number of aryl methyl sites for hydroxylation is 2. The first kappa shape index (κ1) is 15.8. The maximum atomic E-state index is 12.6. The van der Waals surface area contributed by atoms with Crippen LogP contribution >= 0.6 is 0 Å². The highest BCUT2D eigenvalue weighted by molar-refractivity contribution is 6.06. The highest BCUT2D eigenvalue weighted by Gasteiger charge is 2.14. The van der Waals surface area contributed by atoms with E-state index >= 15 is 0 Å². The molecule has 0 saturated heterocycles. The quantitative estimate of drug-likeness (QED) is 0.785. The van der Waals surface area contributed by atoms with Crippen LogP contribution in [0.4, 0.5) is 16.2 Å². The number of benzene rings is 2. The molecule has 0 bridgehead atoms. The molecule has 0 fully saturated rings. The lowest BCUT2D eigenvalue weighted by molar-refractivity contribution is 0.258. The van der Waals surface area contributed by atoms with Crippen LogP contribution in [0.25, 0.3) is 10.8 Å². The Morgan fingerprint density at radius 2 is 1.79 bits per heavy atom. The summed E-state index contributed by atoms with van der Waals surface area (Å²) >= 11 is 0. The highest BCUT2D eigenvalue weighted by atomic mass is 16.2. The number of carbonyl (C=O) groups excluding carboxylic acids is 1. The summed E-state index contributed by atoms with van der Waals surface area (Å²) in [4.78, 5) is 26.3. The average molecular weight is 321 g/mol. The lowest BCUT2D eigenvalue weighted by Gasteiger charge is -2.19. The molecular weight excluding hydrogens is 302 g/mol. The molecule has 5 nitrogen and oxygen atoms in total. The van der Waals surface area contributed by atoms with Crippen molar-refractivity contribution >= 4 is 28.2 Å². The van der Waals surface area contributed by atoms with E-state index in [2.05, 4.69) is 5.32 Å². The number of fused-ring (bicyclic) bond motifs is 1. The van der Waals surface area contributed by atoms with Gasteiger partial charge in [-0.1, -0.05) is 30.3 Å². The van der Waals surface area contributed by atoms with Gasteiger partial charge in [0, 0.05) is 36.8 Å². The van der Waals surface area contributed by atoms with E-state index in [-0.39, 0.29) is 11.6 Å². The van der Waals surface area contributed by atoms with Crippen molar-refractivity contribution in [3.8, 4) is 0 Å². The van der Waals surface area contributed by atoms with Crippen LogP contribution in [0, 0.1) is 6.92 Å². The minimum atomic E-state index is -0.260. The second-order valence-corrected chi connectivity index (χ2v) is 5.83. The lowest BCUT2D eigenvalue weighted by atomic mass is 10.1. The Balaban J connectivity index is 1.96. The SMILES string of the molecule is Cc1cccc(N(C)C(=O)Nc2cn(C)c(=O)c3ccccc23)c1. The van der Waals surface area contributed by atoms with Gasteiger partial charge in [-0.3, -0.25) is 9.69 Å². The van der Waals surface area contributed by atoms with Gasteiger partial charge in [0.15, 0.2) is 0 Å². The summed E-state index contributed by atoms with van der Waals surface area (Å²) in [5.74, 6) is 0. The third-order valence-electron chi connectivity index (χ3n) is 4.03. The Labute approximate surface area is 140 Å². The maximum absolute atomic E-state index is 12.6. The number of anilines is 2. The van der Waals surface area contributed by atoms with Crippen LogP contribution in [0.15, 0.2) is 59.5 Å². The zero-order valence-corrected chi connectivity index (χ0v) is 13.9. The summed E-state index contributed by atoms with van der Waals surface area (Å²) in [7, 11) is 3.39. The average Bonchev–Trinajstić information content (AvgIpc) is 2.58. The topological polar surface area (TPSA) is 54.3 Å². The van der Waals surface area contributed by atoms with Gasteiger partial charge in [-0.2, -0.15) is 0 Å². The van der Waals surface area contributed by atoms with Crippen LogP contribution in [0.3, 0.4) is 0 Å². The Morgan fingerprint density at radius 3 is 2.50 bits per heavy atom. The zero-order valence-electron chi connectivity index (χ0n) is 13.9. The van der Waals surface area contributed by atoms with E-state index in [9.17, 15) is 9.59 Å². The van der Waals surface area contributed by atoms with Crippen LogP contribution in [0.1, 0.15) is 5.56 Å². The van der Waals surface area contributed by atoms with Crippen molar-refractivity contribution < 1.29 is 4.79 Å². The molecule has 3 rings (SSSR count). The summed E-state index contributed by atoms with van der Waals surface area (Å²) in [5, 5.41) is 4.21. The number of amides is 2. The van der Waals surface area contributed by atoms with Gasteiger partial charge < -0.3 is 9.88 Å². The van der Waals surface area contributed by atoms with Gasteiger partial charge in [0.05, 0.1) is 5.69 Å². The predicted octanol–water partition coefficient (Wildman–Crippen LogP) is 3.52. The number of aromatic nitrogens is 1. The van der Waals surface area contributed by atoms with Crippen LogP contribution in [0.5, 0.6) is 0 Å². The molecule has 1 aromatic heterocycles. The molecule has 0 radical (unpaired) electrons. The number of urea groups is 1. The van der Waals surface area contributed by atoms with Crippen molar-refractivity contribution in [2.24, 2.45) is 7.05 Å². The molecule has 122 valence electrons. The standard InChI is InChI=1S/C19H19N3O2/c1-13-7-6-8-14(11-13)22(3)19(24)20-17-12-21(2)18(23)16-10-5-4-9-15(16)17/h4-12H,1-3H3,(H,20,24).